The van der Waals surface area contributed by atoms with Gasteiger partial charge in [0.05, 0.1) is 25.6 Å². The Kier molecular flexibility index (Phi) is 9.06. The van der Waals surface area contributed by atoms with Crippen LogP contribution in [0.25, 0.3) is 74.8 Å². The van der Waals surface area contributed by atoms with Gasteiger partial charge in [0.2, 0.25) is 0 Å². The largest absolute Gasteiger partial charge is 0.497 e. The molecule has 0 saturated heterocycles. The highest BCUT2D eigenvalue weighted by molar-refractivity contribution is 7.26. The first-order chi connectivity index (χ1) is 31.6. The first-order valence-corrected chi connectivity index (χ1v) is 22.2. The molecule has 12 rings (SSSR count). The molecule has 12 aromatic rings. The fourth-order valence-electron chi connectivity index (χ4n) is 9.43. The van der Waals surface area contributed by atoms with Crippen molar-refractivity contribution in [3.63, 3.8) is 0 Å². The summed E-state index contributed by atoms with van der Waals surface area (Å²) in [5.74, 6) is 1.62. The number of para-hydroxylation sites is 1. The molecule has 5 nitrogen and oxygen atoms in total. The lowest BCUT2D eigenvalue weighted by atomic mass is 9.96. The number of fused-ring (bicyclic) bond motifs is 10. The lowest BCUT2D eigenvalue weighted by Crippen LogP contribution is -2.10. The molecule has 0 aliphatic rings. The minimum Gasteiger partial charge on any atom is -0.497 e. The maximum atomic E-state index is 6.33. The molecule has 0 saturated carbocycles. The Morgan fingerprint density at radius 1 is 0.359 bits per heavy atom. The molecule has 10 aromatic carbocycles. The zero-order chi connectivity index (χ0) is 42.7. The van der Waals surface area contributed by atoms with Crippen LogP contribution in [0.1, 0.15) is 0 Å². The van der Waals surface area contributed by atoms with E-state index in [2.05, 4.69) is 180 Å². The van der Waals surface area contributed by atoms with Gasteiger partial charge in [-0.1, -0.05) is 109 Å². The van der Waals surface area contributed by atoms with Gasteiger partial charge in [-0.25, -0.2) is 0 Å². The van der Waals surface area contributed by atoms with Gasteiger partial charge in [-0.15, -0.1) is 11.3 Å². The Morgan fingerprint density at radius 2 is 0.781 bits per heavy atom. The Morgan fingerprint density at radius 3 is 1.33 bits per heavy atom. The van der Waals surface area contributed by atoms with Gasteiger partial charge < -0.3 is 23.7 Å². The summed E-state index contributed by atoms with van der Waals surface area (Å²) in [5.41, 5.74) is 10.5. The number of hydrogen-bond acceptors (Lipinski definition) is 6. The summed E-state index contributed by atoms with van der Waals surface area (Å²) in [5, 5.41) is 9.46. The number of furan rings is 1. The zero-order valence-electron chi connectivity index (χ0n) is 35.2. The number of anilines is 6. The van der Waals surface area contributed by atoms with Crippen LogP contribution in [0.3, 0.4) is 0 Å². The third-order valence-electron chi connectivity index (χ3n) is 12.4. The van der Waals surface area contributed by atoms with E-state index in [4.69, 9.17) is 13.9 Å². The molecule has 2 heterocycles. The van der Waals surface area contributed by atoms with Gasteiger partial charge in [-0.3, -0.25) is 0 Å². The molecule has 0 amide bonds. The van der Waals surface area contributed by atoms with E-state index in [0.29, 0.717) is 0 Å². The minimum atomic E-state index is 0.810. The molecular formula is C58H40N2O3S. The molecule has 0 bridgehead atoms. The minimum absolute atomic E-state index is 0.810. The normalized spacial score (nSPS) is 11.6. The van der Waals surface area contributed by atoms with E-state index in [0.717, 1.165) is 72.9 Å². The van der Waals surface area contributed by atoms with Crippen molar-refractivity contribution in [2.75, 3.05) is 24.0 Å². The smallest absolute Gasteiger partial charge is 0.135 e. The quantitative estimate of drug-likeness (QED) is 0.145. The molecule has 0 spiro atoms. The third kappa shape index (κ3) is 6.22. The van der Waals surface area contributed by atoms with Crippen LogP contribution < -0.4 is 19.3 Å². The lowest BCUT2D eigenvalue weighted by Gasteiger charge is -2.28. The molecule has 64 heavy (non-hydrogen) atoms. The number of ether oxygens (including phenoxy) is 2. The molecule has 0 N–H and O–H groups in total. The average molecular weight is 845 g/mol. The summed E-state index contributed by atoms with van der Waals surface area (Å²) in [7, 11) is 3.41. The predicted octanol–water partition coefficient (Wildman–Crippen LogP) is 16.9. The Bertz CT molecular complexity index is 3640. The summed E-state index contributed by atoms with van der Waals surface area (Å²) in [4.78, 5) is 4.76. The summed E-state index contributed by atoms with van der Waals surface area (Å²) in [6.45, 7) is 0. The SMILES string of the molecule is COc1ccc(N(c2ccc(OC)cc2)c2cc3sc4cc(N(c5ccc(-c6ccccc6)cc5)c5ccc6oc7ccccc7c6c5)c5ccccc5c4c3c3ccccc23)cc1. The van der Waals surface area contributed by atoms with E-state index in [9.17, 15) is 0 Å². The first-order valence-electron chi connectivity index (χ1n) is 21.4. The van der Waals surface area contributed by atoms with Crippen molar-refractivity contribution >= 4 is 109 Å². The molecule has 0 aliphatic heterocycles. The maximum absolute atomic E-state index is 6.33. The average Bonchev–Trinajstić information content (AvgIpc) is 3.93. The topological polar surface area (TPSA) is 38.1 Å². The van der Waals surface area contributed by atoms with Crippen molar-refractivity contribution in [3.05, 3.63) is 206 Å². The second-order valence-corrected chi connectivity index (χ2v) is 17.1. The Balaban J connectivity index is 1.11. The van der Waals surface area contributed by atoms with Crippen molar-refractivity contribution in [1.82, 2.24) is 0 Å². The maximum Gasteiger partial charge on any atom is 0.135 e. The fraction of sp³-hybridized carbons (Fsp3) is 0.0345. The molecule has 2 aromatic heterocycles. The molecule has 0 atom stereocenters. The zero-order valence-corrected chi connectivity index (χ0v) is 36.0. The highest BCUT2D eigenvalue weighted by Gasteiger charge is 2.24. The summed E-state index contributed by atoms with van der Waals surface area (Å²) in [6.07, 6.45) is 0. The highest BCUT2D eigenvalue weighted by Crippen LogP contribution is 2.51. The van der Waals surface area contributed by atoms with Crippen molar-refractivity contribution in [2.24, 2.45) is 0 Å². The van der Waals surface area contributed by atoms with Gasteiger partial charge in [-0.05, 0) is 119 Å². The van der Waals surface area contributed by atoms with Gasteiger partial charge in [0.1, 0.15) is 22.7 Å². The predicted molar refractivity (Wildman–Crippen MR) is 270 cm³/mol. The summed E-state index contributed by atoms with van der Waals surface area (Å²) in [6, 6.07) is 73.5. The number of thiophene rings is 1. The number of hydrogen-bond donors (Lipinski definition) is 0. The van der Waals surface area contributed by atoms with Crippen LogP contribution in [0.2, 0.25) is 0 Å². The van der Waals surface area contributed by atoms with E-state index in [-0.39, 0.29) is 0 Å². The standard InChI is InChI=1S/C58H40N2O3S/c1-61-43-29-24-40(25-30-43)59(41-26-31-44(62-2)32-27-41)51-35-55-57(48-17-8-6-14-45(48)51)58-49-18-9-7-15-46(49)52(36-56(58)64-55)60(39-22-20-38(21-23-39)37-12-4-3-5-13-37)42-28-33-54-50(34-42)47-16-10-11-19-53(47)63-54/h3-36H,1-2H3. The molecule has 0 radical (unpaired) electrons. The van der Waals surface area contributed by atoms with E-state index >= 15 is 0 Å². The number of rotatable bonds is 9. The van der Waals surface area contributed by atoms with Crippen LogP contribution in [0.5, 0.6) is 11.5 Å². The molecule has 0 fully saturated rings. The second-order valence-electron chi connectivity index (χ2n) is 16.0. The number of methoxy groups -OCH3 is 2. The van der Waals surface area contributed by atoms with E-state index in [1.165, 1.54) is 47.5 Å². The van der Waals surface area contributed by atoms with Crippen molar-refractivity contribution in [1.29, 1.82) is 0 Å². The van der Waals surface area contributed by atoms with Crippen LogP contribution in [-0.2, 0) is 0 Å². The van der Waals surface area contributed by atoms with E-state index < -0.39 is 0 Å². The number of benzene rings is 10. The van der Waals surface area contributed by atoms with Crippen LogP contribution >= 0.6 is 11.3 Å². The van der Waals surface area contributed by atoms with E-state index in [1.54, 1.807) is 14.2 Å². The molecule has 0 unspecified atom stereocenters. The van der Waals surface area contributed by atoms with Crippen LogP contribution in [0.15, 0.2) is 211 Å². The van der Waals surface area contributed by atoms with Crippen LogP contribution in [-0.4, -0.2) is 14.2 Å². The third-order valence-corrected chi connectivity index (χ3v) is 13.5. The number of nitrogens with zero attached hydrogens (tertiary/aromatic N) is 2. The lowest BCUT2D eigenvalue weighted by molar-refractivity contribution is 0.415. The highest BCUT2D eigenvalue weighted by atomic mass is 32.1. The van der Waals surface area contributed by atoms with E-state index in [1.807, 2.05) is 47.7 Å². The first kappa shape index (κ1) is 37.7. The molecule has 306 valence electrons. The molecular weight excluding hydrogens is 805 g/mol. The van der Waals surface area contributed by atoms with Crippen molar-refractivity contribution < 1.29 is 13.9 Å². The van der Waals surface area contributed by atoms with Gasteiger partial charge in [0, 0.05) is 64.5 Å². The van der Waals surface area contributed by atoms with Crippen molar-refractivity contribution in [3.8, 4) is 22.6 Å². The summed E-state index contributed by atoms with van der Waals surface area (Å²) < 4.78 is 19.9. The van der Waals surface area contributed by atoms with Crippen LogP contribution in [0.4, 0.5) is 34.1 Å². The van der Waals surface area contributed by atoms with Gasteiger partial charge in [0.15, 0.2) is 0 Å². The van der Waals surface area contributed by atoms with Crippen LogP contribution in [0, 0.1) is 0 Å². The van der Waals surface area contributed by atoms with Gasteiger partial charge in [0.25, 0.3) is 0 Å². The monoisotopic (exact) mass is 844 g/mol. The van der Waals surface area contributed by atoms with Crippen molar-refractivity contribution in [2.45, 2.75) is 0 Å². The van der Waals surface area contributed by atoms with Gasteiger partial charge in [-0.2, -0.15) is 0 Å². The molecule has 0 aliphatic carbocycles. The Labute approximate surface area is 374 Å². The Hall–Kier alpha value is -8.06. The molecule has 6 heteroatoms. The van der Waals surface area contributed by atoms with Gasteiger partial charge >= 0.3 is 0 Å². The fourth-order valence-corrected chi connectivity index (χ4v) is 10.6. The summed E-state index contributed by atoms with van der Waals surface area (Å²) >= 11 is 1.84. The second kappa shape index (κ2) is 15.4.